The SMILES string of the molecule is c1ccc2c(c1)ccc1c(-c3c[nH]nn3)c3ccccc3nc12. The fourth-order valence-corrected chi connectivity index (χ4v) is 3.23. The van der Waals surface area contributed by atoms with E-state index in [9.17, 15) is 0 Å². The summed E-state index contributed by atoms with van der Waals surface area (Å²) in [6.45, 7) is 0. The van der Waals surface area contributed by atoms with E-state index < -0.39 is 0 Å². The summed E-state index contributed by atoms with van der Waals surface area (Å²) in [6, 6.07) is 20.8. The minimum absolute atomic E-state index is 0.837. The van der Waals surface area contributed by atoms with Gasteiger partial charge >= 0.3 is 0 Å². The van der Waals surface area contributed by atoms with E-state index in [-0.39, 0.29) is 0 Å². The Morgan fingerprint density at radius 3 is 2.43 bits per heavy atom. The van der Waals surface area contributed by atoms with Gasteiger partial charge in [-0.25, -0.2) is 4.98 Å². The van der Waals surface area contributed by atoms with Gasteiger partial charge in [0.15, 0.2) is 0 Å². The van der Waals surface area contributed by atoms with Gasteiger partial charge in [0, 0.05) is 21.7 Å². The number of rotatable bonds is 1. The molecule has 2 heterocycles. The molecule has 0 saturated carbocycles. The molecule has 1 N–H and O–H groups in total. The van der Waals surface area contributed by atoms with Gasteiger partial charge in [0.2, 0.25) is 0 Å². The van der Waals surface area contributed by atoms with E-state index in [1.807, 2.05) is 30.5 Å². The molecule has 0 aliphatic carbocycles. The molecule has 5 aromatic rings. The zero-order valence-electron chi connectivity index (χ0n) is 12.2. The first-order valence-electron chi connectivity index (χ1n) is 7.49. The summed E-state index contributed by atoms with van der Waals surface area (Å²) in [4.78, 5) is 4.92. The third kappa shape index (κ3) is 1.75. The highest BCUT2D eigenvalue weighted by molar-refractivity contribution is 6.16. The number of H-pyrrole nitrogens is 1. The van der Waals surface area contributed by atoms with E-state index in [4.69, 9.17) is 4.98 Å². The maximum absolute atomic E-state index is 4.92. The lowest BCUT2D eigenvalue weighted by molar-refractivity contribution is 0.942. The maximum Gasteiger partial charge on any atom is 0.114 e. The van der Waals surface area contributed by atoms with Crippen LogP contribution >= 0.6 is 0 Å². The summed E-state index contributed by atoms with van der Waals surface area (Å²) in [6.07, 6.45) is 1.83. The summed E-state index contributed by atoms with van der Waals surface area (Å²) < 4.78 is 0. The summed E-state index contributed by atoms with van der Waals surface area (Å²) in [5.74, 6) is 0. The molecule has 2 aromatic heterocycles. The zero-order valence-corrected chi connectivity index (χ0v) is 12.2. The second-order valence-electron chi connectivity index (χ2n) is 5.55. The molecule has 0 radical (unpaired) electrons. The number of hydrogen-bond acceptors (Lipinski definition) is 3. The van der Waals surface area contributed by atoms with E-state index >= 15 is 0 Å². The fourth-order valence-electron chi connectivity index (χ4n) is 3.23. The van der Waals surface area contributed by atoms with Gasteiger partial charge in [0.25, 0.3) is 0 Å². The Bertz CT molecular complexity index is 1160. The quantitative estimate of drug-likeness (QED) is 0.370. The van der Waals surface area contributed by atoms with Crippen LogP contribution < -0.4 is 0 Å². The second kappa shape index (κ2) is 4.61. The lowest BCUT2D eigenvalue weighted by Gasteiger charge is -2.10. The number of hydrogen-bond donors (Lipinski definition) is 1. The van der Waals surface area contributed by atoms with E-state index in [1.54, 1.807) is 0 Å². The standard InChI is InChI=1S/C19H12N4/c1-2-6-13-12(5-1)9-10-15-18(17-11-20-23-22-17)14-7-3-4-8-16(14)21-19(13)15/h1-11H,(H,20,22,23). The highest BCUT2D eigenvalue weighted by Gasteiger charge is 2.14. The van der Waals surface area contributed by atoms with Crippen molar-refractivity contribution in [3.05, 3.63) is 66.9 Å². The average Bonchev–Trinajstić information content (AvgIpc) is 3.14. The van der Waals surface area contributed by atoms with Gasteiger partial charge in [0.1, 0.15) is 5.69 Å². The second-order valence-corrected chi connectivity index (χ2v) is 5.55. The maximum atomic E-state index is 4.92. The van der Waals surface area contributed by atoms with Crippen molar-refractivity contribution in [2.75, 3.05) is 0 Å². The third-order valence-corrected chi connectivity index (χ3v) is 4.25. The van der Waals surface area contributed by atoms with Crippen molar-refractivity contribution in [3.8, 4) is 11.3 Å². The summed E-state index contributed by atoms with van der Waals surface area (Å²) in [7, 11) is 0. The molecular weight excluding hydrogens is 284 g/mol. The molecule has 5 rings (SSSR count). The number of fused-ring (bicyclic) bond motifs is 4. The zero-order chi connectivity index (χ0) is 15.2. The summed E-state index contributed by atoms with van der Waals surface area (Å²) >= 11 is 0. The lowest BCUT2D eigenvalue weighted by Crippen LogP contribution is -1.90. The number of aromatic amines is 1. The molecule has 4 nitrogen and oxygen atoms in total. The molecule has 0 saturated heterocycles. The molecule has 23 heavy (non-hydrogen) atoms. The summed E-state index contributed by atoms with van der Waals surface area (Å²) in [5.41, 5.74) is 3.88. The Hall–Kier alpha value is -3.27. The van der Waals surface area contributed by atoms with Gasteiger partial charge < -0.3 is 0 Å². The van der Waals surface area contributed by atoms with Crippen LogP contribution in [-0.4, -0.2) is 20.4 Å². The predicted octanol–water partition coefficient (Wildman–Crippen LogP) is 4.33. The van der Waals surface area contributed by atoms with Crippen molar-refractivity contribution in [1.82, 2.24) is 20.4 Å². The monoisotopic (exact) mass is 296 g/mol. The molecule has 3 aromatic carbocycles. The van der Waals surface area contributed by atoms with Crippen LogP contribution in [0.2, 0.25) is 0 Å². The molecule has 4 heteroatoms. The van der Waals surface area contributed by atoms with Crippen molar-refractivity contribution in [2.24, 2.45) is 0 Å². The molecule has 0 atom stereocenters. The van der Waals surface area contributed by atoms with Gasteiger partial charge in [-0.2, -0.15) is 0 Å². The minimum atomic E-state index is 0.837. The third-order valence-electron chi connectivity index (χ3n) is 4.25. The van der Waals surface area contributed by atoms with Crippen LogP contribution in [0.25, 0.3) is 43.8 Å². The van der Waals surface area contributed by atoms with E-state index in [0.29, 0.717) is 0 Å². The van der Waals surface area contributed by atoms with Crippen LogP contribution in [0.4, 0.5) is 0 Å². The van der Waals surface area contributed by atoms with Crippen molar-refractivity contribution in [1.29, 1.82) is 0 Å². The molecule has 108 valence electrons. The van der Waals surface area contributed by atoms with Crippen molar-refractivity contribution in [3.63, 3.8) is 0 Å². The number of benzene rings is 3. The highest BCUT2D eigenvalue weighted by Crippen LogP contribution is 2.36. The van der Waals surface area contributed by atoms with Crippen LogP contribution in [0, 0.1) is 0 Å². The Morgan fingerprint density at radius 1 is 0.739 bits per heavy atom. The van der Waals surface area contributed by atoms with Crippen molar-refractivity contribution >= 4 is 32.6 Å². The Labute approximate surface area is 131 Å². The predicted molar refractivity (Wildman–Crippen MR) is 92.1 cm³/mol. The van der Waals surface area contributed by atoms with Gasteiger partial charge in [-0.15, -0.1) is 5.10 Å². The number of nitrogens with one attached hydrogen (secondary N) is 1. The van der Waals surface area contributed by atoms with Gasteiger partial charge in [-0.05, 0) is 11.5 Å². The molecule has 0 spiro atoms. The topological polar surface area (TPSA) is 54.5 Å². The molecule has 0 bridgehead atoms. The van der Waals surface area contributed by atoms with E-state index in [2.05, 4.69) is 51.8 Å². The van der Waals surface area contributed by atoms with Crippen molar-refractivity contribution in [2.45, 2.75) is 0 Å². The molecule has 0 fully saturated rings. The summed E-state index contributed by atoms with van der Waals surface area (Å²) in [5, 5.41) is 15.4. The molecule has 0 aliphatic rings. The van der Waals surface area contributed by atoms with Crippen LogP contribution in [0.1, 0.15) is 0 Å². The fraction of sp³-hybridized carbons (Fsp3) is 0. The molecule has 0 unspecified atom stereocenters. The van der Waals surface area contributed by atoms with Crippen LogP contribution in [0.5, 0.6) is 0 Å². The number of para-hydroxylation sites is 1. The van der Waals surface area contributed by atoms with Crippen LogP contribution in [0.15, 0.2) is 66.9 Å². The molecule has 0 aliphatic heterocycles. The Balaban J connectivity index is 2.08. The van der Waals surface area contributed by atoms with Gasteiger partial charge in [0.05, 0.1) is 17.2 Å². The average molecular weight is 296 g/mol. The Kier molecular flexibility index (Phi) is 2.46. The first-order valence-corrected chi connectivity index (χ1v) is 7.49. The van der Waals surface area contributed by atoms with Crippen LogP contribution in [0.3, 0.4) is 0 Å². The number of nitrogens with zero attached hydrogens (tertiary/aromatic N) is 3. The van der Waals surface area contributed by atoms with E-state index in [1.165, 1.54) is 5.39 Å². The first kappa shape index (κ1) is 12.3. The van der Waals surface area contributed by atoms with Crippen molar-refractivity contribution < 1.29 is 0 Å². The van der Waals surface area contributed by atoms with Crippen LogP contribution in [-0.2, 0) is 0 Å². The minimum Gasteiger partial charge on any atom is -0.265 e. The number of aromatic nitrogens is 4. The number of pyridine rings is 1. The first-order chi connectivity index (χ1) is 11.4. The Morgan fingerprint density at radius 2 is 1.57 bits per heavy atom. The normalized spacial score (nSPS) is 11.5. The highest BCUT2D eigenvalue weighted by atomic mass is 15.3. The lowest BCUT2D eigenvalue weighted by atomic mass is 9.97. The molecule has 0 amide bonds. The van der Waals surface area contributed by atoms with Gasteiger partial charge in [-0.3, -0.25) is 5.10 Å². The largest absolute Gasteiger partial charge is 0.265 e. The van der Waals surface area contributed by atoms with Gasteiger partial charge in [-0.1, -0.05) is 59.8 Å². The van der Waals surface area contributed by atoms with E-state index in [0.717, 1.165) is 38.4 Å². The smallest absolute Gasteiger partial charge is 0.114 e. The molecular formula is C19H12N4.